The molecule has 0 atom stereocenters. The number of rotatable bonds is 4. The summed E-state index contributed by atoms with van der Waals surface area (Å²) in [7, 11) is 0. The van der Waals surface area contributed by atoms with Crippen LogP contribution in [0.4, 0.5) is 5.69 Å². The van der Waals surface area contributed by atoms with E-state index in [-0.39, 0.29) is 11.7 Å². The van der Waals surface area contributed by atoms with Gasteiger partial charge in [0.05, 0.1) is 4.92 Å². The predicted octanol–water partition coefficient (Wildman–Crippen LogP) is 3.58. The molecule has 0 saturated carbocycles. The standard InChI is InChI=1S/C15H13NO4/c1-2-15(17)20-14-9-5-12(6-10-14)11-3-7-13(8-4-11)16(18)19/h3-10H,2H2,1H3. The number of hydrogen-bond donors (Lipinski definition) is 0. The first-order valence-corrected chi connectivity index (χ1v) is 6.15. The van der Waals surface area contributed by atoms with Crippen LogP contribution in [0.25, 0.3) is 11.1 Å². The van der Waals surface area contributed by atoms with Crippen molar-refractivity contribution in [1.29, 1.82) is 0 Å². The molecule has 2 aromatic rings. The van der Waals surface area contributed by atoms with Gasteiger partial charge in [0, 0.05) is 18.6 Å². The minimum atomic E-state index is -0.433. The predicted molar refractivity (Wildman–Crippen MR) is 74.5 cm³/mol. The van der Waals surface area contributed by atoms with Crippen molar-refractivity contribution in [3.05, 3.63) is 58.6 Å². The molecule has 0 radical (unpaired) electrons. The van der Waals surface area contributed by atoms with Crippen LogP contribution in [0.1, 0.15) is 13.3 Å². The van der Waals surface area contributed by atoms with Gasteiger partial charge in [-0.3, -0.25) is 14.9 Å². The summed E-state index contributed by atoms with van der Waals surface area (Å²) in [5.74, 6) is 0.204. The van der Waals surface area contributed by atoms with Crippen LogP contribution in [0.3, 0.4) is 0 Å². The van der Waals surface area contributed by atoms with Crippen molar-refractivity contribution < 1.29 is 14.5 Å². The van der Waals surface area contributed by atoms with Crippen molar-refractivity contribution in [3.8, 4) is 16.9 Å². The van der Waals surface area contributed by atoms with E-state index in [4.69, 9.17) is 4.74 Å². The fourth-order valence-corrected chi connectivity index (χ4v) is 1.69. The van der Waals surface area contributed by atoms with Gasteiger partial charge >= 0.3 is 5.97 Å². The topological polar surface area (TPSA) is 69.4 Å². The van der Waals surface area contributed by atoms with E-state index in [2.05, 4.69) is 0 Å². The summed E-state index contributed by atoms with van der Waals surface area (Å²) < 4.78 is 5.08. The van der Waals surface area contributed by atoms with Crippen LogP contribution >= 0.6 is 0 Å². The molecule has 2 rings (SSSR count). The summed E-state index contributed by atoms with van der Waals surface area (Å²) in [6.07, 6.45) is 0.324. The van der Waals surface area contributed by atoms with E-state index < -0.39 is 4.92 Å². The van der Waals surface area contributed by atoms with E-state index in [1.165, 1.54) is 12.1 Å². The second-order valence-corrected chi connectivity index (χ2v) is 4.16. The lowest BCUT2D eigenvalue weighted by molar-refractivity contribution is -0.384. The highest BCUT2D eigenvalue weighted by molar-refractivity contribution is 5.72. The van der Waals surface area contributed by atoms with Gasteiger partial charge in [-0.05, 0) is 35.4 Å². The molecule has 0 spiro atoms. The molecule has 102 valence electrons. The number of non-ortho nitro benzene ring substituents is 1. The summed E-state index contributed by atoms with van der Waals surface area (Å²) in [4.78, 5) is 21.3. The molecule has 0 aliphatic carbocycles. The molecule has 5 heteroatoms. The Bertz CT molecular complexity index is 617. The quantitative estimate of drug-likeness (QED) is 0.369. The molecular weight excluding hydrogens is 258 g/mol. The van der Waals surface area contributed by atoms with Crippen LogP contribution < -0.4 is 4.74 Å². The molecule has 0 unspecified atom stereocenters. The number of ether oxygens (including phenoxy) is 1. The molecule has 0 N–H and O–H groups in total. The second-order valence-electron chi connectivity index (χ2n) is 4.16. The number of carbonyl (C=O) groups is 1. The number of nitro benzene ring substituents is 1. The maximum atomic E-state index is 11.2. The highest BCUT2D eigenvalue weighted by Crippen LogP contribution is 2.24. The molecular formula is C15H13NO4. The maximum absolute atomic E-state index is 11.2. The average Bonchev–Trinajstić information content (AvgIpc) is 2.48. The van der Waals surface area contributed by atoms with Crippen LogP contribution in [-0.2, 0) is 4.79 Å². The number of nitro groups is 1. The lowest BCUT2D eigenvalue weighted by atomic mass is 10.1. The second kappa shape index (κ2) is 5.97. The van der Waals surface area contributed by atoms with Crippen LogP contribution in [0.5, 0.6) is 5.75 Å². The highest BCUT2D eigenvalue weighted by atomic mass is 16.6. The van der Waals surface area contributed by atoms with Crippen LogP contribution in [0.15, 0.2) is 48.5 Å². The van der Waals surface area contributed by atoms with Gasteiger partial charge in [0.25, 0.3) is 5.69 Å². The smallest absolute Gasteiger partial charge is 0.310 e. The van der Waals surface area contributed by atoms with E-state index >= 15 is 0 Å². The zero-order valence-corrected chi connectivity index (χ0v) is 10.9. The third-order valence-electron chi connectivity index (χ3n) is 2.79. The van der Waals surface area contributed by atoms with Gasteiger partial charge < -0.3 is 4.74 Å². The molecule has 0 heterocycles. The number of esters is 1. The van der Waals surface area contributed by atoms with Crippen molar-refractivity contribution in [1.82, 2.24) is 0 Å². The van der Waals surface area contributed by atoms with E-state index in [1.807, 2.05) is 0 Å². The first-order chi connectivity index (χ1) is 9.60. The molecule has 0 fully saturated rings. The number of hydrogen-bond acceptors (Lipinski definition) is 4. The Morgan fingerprint density at radius 2 is 1.55 bits per heavy atom. The van der Waals surface area contributed by atoms with E-state index in [0.29, 0.717) is 12.2 Å². The minimum absolute atomic E-state index is 0.0576. The van der Waals surface area contributed by atoms with Gasteiger partial charge in [-0.1, -0.05) is 19.1 Å². The zero-order chi connectivity index (χ0) is 14.5. The third kappa shape index (κ3) is 3.20. The third-order valence-corrected chi connectivity index (χ3v) is 2.79. The maximum Gasteiger partial charge on any atom is 0.310 e. The summed E-state index contributed by atoms with van der Waals surface area (Å²) in [6, 6.07) is 13.3. The SMILES string of the molecule is CCC(=O)Oc1ccc(-c2ccc([N+](=O)[O-])cc2)cc1. The Morgan fingerprint density at radius 1 is 1.05 bits per heavy atom. The lowest BCUT2D eigenvalue weighted by Crippen LogP contribution is -2.05. The first-order valence-electron chi connectivity index (χ1n) is 6.15. The van der Waals surface area contributed by atoms with E-state index in [0.717, 1.165) is 11.1 Å². The van der Waals surface area contributed by atoms with Gasteiger partial charge in [-0.15, -0.1) is 0 Å². The Labute approximate surface area is 116 Å². The minimum Gasteiger partial charge on any atom is -0.427 e. The Hall–Kier alpha value is -2.69. The summed E-state index contributed by atoms with van der Waals surface area (Å²) in [6.45, 7) is 1.73. The number of nitrogens with zero attached hydrogens (tertiary/aromatic N) is 1. The molecule has 0 aliphatic heterocycles. The molecule has 2 aromatic carbocycles. The normalized spacial score (nSPS) is 10.1. The van der Waals surface area contributed by atoms with Crippen LogP contribution in [0, 0.1) is 10.1 Å². The molecule has 0 bridgehead atoms. The summed E-state index contributed by atoms with van der Waals surface area (Å²) in [5, 5.41) is 10.6. The number of carbonyl (C=O) groups excluding carboxylic acids is 1. The Kier molecular flexibility index (Phi) is 4.10. The molecule has 5 nitrogen and oxygen atoms in total. The van der Waals surface area contributed by atoms with Crippen molar-refractivity contribution in [2.75, 3.05) is 0 Å². The fourth-order valence-electron chi connectivity index (χ4n) is 1.69. The molecule has 0 aliphatic rings. The van der Waals surface area contributed by atoms with Gasteiger partial charge in [0.1, 0.15) is 5.75 Å². The van der Waals surface area contributed by atoms with Crippen molar-refractivity contribution >= 4 is 11.7 Å². The van der Waals surface area contributed by atoms with E-state index in [1.54, 1.807) is 43.3 Å². The van der Waals surface area contributed by atoms with Crippen LogP contribution in [0.2, 0.25) is 0 Å². The van der Waals surface area contributed by atoms with Crippen LogP contribution in [-0.4, -0.2) is 10.9 Å². The molecule has 0 amide bonds. The summed E-state index contributed by atoms with van der Waals surface area (Å²) in [5.41, 5.74) is 1.82. The van der Waals surface area contributed by atoms with Crippen molar-refractivity contribution in [2.24, 2.45) is 0 Å². The average molecular weight is 271 g/mol. The van der Waals surface area contributed by atoms with E-state index in [9.17, 15) is 14.9 Å². The van der Waals surface area contributed by atoms with Gasteiger partial charge in [-0.2, -0.15) is 0 Å². The summed E-state index contributed by atoms with van der Waals surface area (Å²) >= 11 is 0. The van der Waals surface area contributed by atoms with Gasteiger partial charge in [0.2, 0.25) is 0 Å². The molecule has 0 aromatic heterocycles. The molecule has 0 saturated heterocycles. The largest absolute Gasteiger partial charge is 0.427 e. The lowest BCUT2D eigenvalue weighted by Gasteiger charge is -2.05. The van der Waals surface area contributed by atoms with Gasteiger partial charge in [0.15, 0.2) is 0 Å². The highest BCUT2D eigenvalue weighted by Gasteiger charge is 2.06. The Morgan fingerprint density at radius 3 is 2.00 bits per heavy atom. The monoisotopic (exact) mass is 271 g/mol. The first kappa shape index (κ1) is 13.7. The number of benzene rings is 2. The van der Waals surface area contributed by atoms with Crippen molar-refractivity contribution in [2.45, 2.75) is 13.3 Å². The molecule has 20 heavy (non-hydrogen) atoms. The fraction of sp³-hybridized carbons (Fsp3) is 0.133. The zero-order valence-electron chi connectivity index (χ0n) is 10.9. The van der Waals surface area contributed by atoms with Crippen molar-refractivity contribution in [3.63, 3.8) is 0 Å². The van der Waals surface area contributed by atoms with Gasteiger partial charge in [-0.25, -0.2) is 0 Å². The Balaban J connectivity index is 2.17.